The van der Waals surface area contributed by atoms with Gasteiger partial charge in [-0.3, -0.25) is 9.88 Å². The Morgan fingerprint density at radius 2 is 1.96 bits per heavy atom. The molecule has 2 heterocycles. The fourth-order valence-electron chi connectivity index (χ4n) is 4.63. The molecule has 1 saturated carbocycles. The lowest BCUT2D eigenvalue weighted by Gasteiger charge is -2.41. The minimum Gasteiger partial charge on any atom is -0.385 e. The second-order valence-electron chi connectivity index (χ2n) is 7.32. The highest BCUT2D eigenvalue weighted by Crippen LogP contribution is 2.48. The first-order valence-electron chi connectivity index (χ1n) is 8.86. The highest BCUT2D eigenvalue weighted by Gasteiger charge is 2.49. The molecule has 0 spiro atoms. The van der Waals surface area contributed by atoms with E-state index in [-0.39, 0.29) is 18.0 Å². The minimum absolute atomic E-state index is 0.0697. The molecule has 25 heavy (non-hydrogen) atoms. The van der Waals surface area contributed by atoms with Crippen molar-refractivity contribution < 1.29 is 13.9 Å². The maximum absolute atomic E-state index is 14.0. The van der Waals surface area contributed by atoms with Crippen LogP contribution in [0.5, 0.6) is 0 Å². The lowest BCUT2D eigenvalue weighted by atomic mass is 9.68. The van der Waals surface area contributed by atoms with E-state index in [0.717, 1.165) is 24.9 Å². The van der Waals surface area contributed by atoms with Gasteiger partial charge in [0, 0.05) is 49.1 Å². The predicted octanol–water partition coefficient (Wildman–Crippen LogP) is 3.48. The van der Waals surface area contributed by atoms with E-state index >= 15 is 0 Å². The van der Waals surface area contributed by atoms with Gasteiger partial charge in [-0.2, -0.15) is 0 Å². The molecule has 3 atom stereocenters. The first kappa shape index (κ1) is 16.6. The van der Waals surface area contributed by atoms with Crippen molar-refractivity contribution in [3.05, 3.63) is 65.5 Å². The number of hydrogen-bond acceptors (Lipinski definition) is 3. The van der Waals surface area contributed by atoms with Gasteiger partial charge in [0.1, 0.15) is 11.6 Å². The largest absolute Gasteiger partial charge is 0.385 e. The summed E-state index contributed by atoms with van der Waals surface area (Å²) in [7, 11) is 0. The molecule has 3 nitrogen and oxygen atoms in total. The Bertz CT molecular complexity index is 734. The molecule has 1 aliphatic heterocycles. The zero-order valence-electron chi connectivity index (χ0n) is 14.0. The van der Waals surface area contributed by atoms with E-state index < -0.39 is 17.2 Å². The SMILES string of the molecule is O[C@]1(c2cccnc2)CCC[C@H]2CN(Cc3c(F)cccc3F)C[C@@H]21. The average molecular weight is 344 g/mol. The van der Waals surface area contributed by atoms with Crippen molar-refractivity contribution in [2.75, 3.05) is 13.1 Å². The van der Waals surface area contributed by atoms with Crippen LogP contribution < -0.4 is 0 Å². The third kappa shape index (κ3) is 2.96. The molecule has 1 N–H and O–H groups in total. The van der Waals surface area contributed by atoms with E-state index in [0.29, 0.717) is 18.9 Å². The minimum atomic E-state index is -0.903. The molecule has 5 heteroatoms. The summed E-state index contributed by atoms with van der Waals surface area (Å²) < 4.78 is 27.9. The standard InChI is InChI=1S/C20H22F2N2O/c21-18-6-1-7-19(22)16(18)12-24-11-14-4-2-8-20(25,17(14)13-24)15-5-3-9-23-10-15/h1,3,5-7,9-10,14,17,25H,2,4,8,11-13H2/t14-,17-,20-/m0/s1. The van der Waals surface area contributed by atoms with Gasteiger partial charge in [-0.05, 0) is 43.4 Å². The Labute approximate surface area is 146 Å². The van der Waals surface area contributed by atoms with Crippen LogP contribution in [-0.2, 0) is 12.1 Å². The Morgan fingerprint density at radius 1 is 1.16 bits per heavy atom. The van der Waals surface area contributed by atoms with E-state index in [1.807, 2.05) is 12.1 Å². The molecule has 4 rings (SSSR count). The molecule has 2 fully saturated rings. The van der Waals surface area contributed by atoms with Crippen LogP contribution in [0.3, 0.4) is 0 Å². The lowest BCUT2D eigenvalue weighted by molar-refractivity contribution is -0.0651. The molecule has 0 unspecified atom stereocenters. The summed E-state index contributed by atoms with van der Waals surface area (Å²) in [6.07, 6.45) is 6.15. The number of fused-ring (bicyclic) bond motifs is 1. The van der Waals surface area contributed by atoms with Crippen molar-refractivity contribution in [2.45, 2.75) is 31.4 Å². The van der Waals surface area contributed by atoms with Crippen LogP contribution in [0.2, 0.25) is 0 Å². The Kier molecular flexibility index (Phi) is 4.29. The third-order valence-electron chi connectivity index (χ3n) is 5.87. The van der Waals surface area contributed by atoms with Crippen LogP contribution in [0.4, 0.5) is 8.78 Å². The van der Waals surface area contributed by atoms with Gasteiger partial charge in [0.15, 0.2) is 0 Å². The van der Waals surface area contributed by atoms with Gasteiger partial charge < -0.3 is 5.11 Å². The topological polar surface area (TPSA) is 36.4 Å². The zero-order chi connectivity index (χ0) is 17.4. The van der Waals surface area contributed by atoms with Gasteiger partial charge in [0.2, 0.25) is 0 Å². The molecule has 0 amide bonds. The van der Waals surface area contributed by atoms with Gasteiger partial charge in [0.25, 0.3) is 0 Å². The van der Waals surface area contributed by atoms with Crippen molar-refractivity contribution in [1.82, 2.24) is 9.88 Å². The number of pyridine rings is 1. The first-order valence-corrected chi connectivity index (χ1v) is 8.86. The number of rotatable bonds is 3. The van der Waals surface area contributed by atoms with E-state index in [1.165, 1.54) is 18.2 Å². The fraction of sp³-hybridized carbons (Fsp3) is 0.450. The van der Waals surface area contributed by atoms with E-state index in [4.69, 9.17) is 0 Å². The average Bonchev–Trinajstić information content (AvgIpc) is 3.04. The predicted molar refractivity (Wildman–Crippen MR) is 90.6 cm³/mol. The number of halogens is 2. The first-order chi connectivity index (χ1) is 12.1. The summed E-state index contributed by atoms with van der Waals surface area (Å²) in [4.78, 5) is 6.23. The van der Waals surface area contributed by atoms with Crippen molar-refractivity contribution in [3.8, 4) is 0 Å². The number of benzene rings is 1. The number of likely N-dealkylation sites (tertiary alicyclic amines) is 1. The van der Waals surface area contributed by atoms with Gasteiger partial charge in [0.05, 0.1) is 5.60 Å². The fourth-order valence-corrected chi connectivity index (χ4v) is 4.63. The van der Waals surface area contributed by atoms with Crippen molar-refractivity contribution in [3.63, 3.8) is 0 Å². The van der Waals surface area contributed by atoms with Crippen LogP contribution in [0.15, 0.2) is 42.7 Å². The maximum atomic E-state index is 14.0. The molecular weight excluding hydrogens is 322 g/mol. The van der Waals surface area contributed by atoms with Crippen LogP contribution in [0, 0.1) is 23.5 Å². The van der Waals surface area contributed by atoms with Crippen molar-refractivity contribution >= 4 is 0 Å². The highest BCUT2D eigenvalue weighted by atomic mass is 19.1. The van der Waals surface area contributed by atoms with Crippen LogP contribution in [-0.4, -0.2) is 28.1 Å². The summed E-state index contributed by atoms with van der Waals surface area (Å²) in [6, 6.07) is 7.76. The second kappa shape index (κ2) is 6.46. The lowest BCUT2D eigenvalue weighted by Crippen LogP contribution is -2.42. The van der Waals surface area contributed by atoms with Crippen molar-refractivity contribution in [2.24, 2.45) is 11.8 Å². The van der Waals surface area contributed by atoms with E-state index in [1.54, 1.807) is 12.4 Å². The highest BCUT2D eigenvalue weighted by molar-refractivity contribution is 5.23. The van der Waals surface area contributed by atoms with Crippen LogP contribution in [0.25, 0.3) is 0 Å². The van der Waals surface area contributed by atoms with Gasteiger partial charge in [-0.25, -0.2) is 8.78 Å². The molecule has 1 saturated heterocycles. The summed E-state index contributed by atoms with van der Waals surface area (Å²) in [5, 5.41) is 11.4. The molecule has 0 radical (unpaired) electrons. The van der Waals surface area contributed by atoms with Crippen LogP contribution >= 0.6 is 0 Å². The molecule has 1 aromatic heterocycles. The molecular formula is C20H22F2N2O. The van der Waals surface area contributed by atoms with Crippen LogP contribution in [0.1, 0.15) is 30.4 Å². The van der Waals surface area contributed by atoms with Crippen molar-refractivity contribution in [1.29, 1.82) is 0 Å². The summed E-state index contributed by atoms with van der Waals surface area (Å²) in [5.74, 6) is -0.594. The van der Waals surface area contributed by atoms with E-state index in [2.05, 4.69) is 9.88 Å². The summed E-state index contributed by atoms with van der Waals surface area (Å²) >= 11 is 0. The molecule has 1 aromatic carbocycles. The number of nitrogens with zero attached hydrogens (tertiary/aromatic N) is 2. The molecule has 2 aliphatic rings. The Hall–Kier alpha value is -1.85. The molecule has 2 aromatic rings. The zero-order valence-corrected chi connectivity index (χ0v) is 14.0. The quantitative estimate of drug-likeness (QED) is 0.926. The number of aliphatic hydroxyl groups is 1. The van der Waals surface area contributed by atoms with Gasteiger partial charge in [-0.1, -0.05) is 12.1 Å². The van der Waals surface area contributed by atoms with Gasteiger partial charge >= 0.3 is 0 Å². The monoisotopic (exact) mass is 344 g/mol. The third-order valence-corrected chi connectivity index (χ3v) is 5.87. The van der Waals surface area contributed by atoms with Gasteiger partial charge in [-0.15, -0.1) is 0 Å². The Morgan fingerprint density at radius 3 is 2.68 bits per heavy atom. The summed E-state index contributed by atoms with van der Waals surface area (Å²) in [5.41, 5.74) is 0.0642. The normalized spacial score (nSPS) is 29.6. The smallest absolute Gasteiger partial charge is 0.130 e. The number of aromatic nitrogens is 1. The summed E-state index contributed by atoms with van der Waals surface area (Å²) in [6.45, 7) is 1.65. The number of hydrogen-bond donors (Lipinski definition) is 1. The maximum Gasteiger partial charge on any atom is 0.130 e. The second-order valence-corrected chi connectivity index (χ2v) is 7.32. The van der Waals surface area contributed by atoms with E-state index in [9.17, 15) is 13.9 Å². The Balaban J connectivity index is 1.57. The molecule has 0 bridgehead atoms. The molecule has 1 aliphatic carbocycles. The molecule has 132 valence electrons.